The number of benzene rings is 3. The van der Waals surface area contributed by atoms with Gasteiger partial charge in [-0.3, -0.25) is 0 Å². The monoisotopic (exact) mass is 608 g/mol. The van der Waals surface area contributed by atoms with Crippen molar-refractivity contribution in [2.45, 2.75) is 0 Å². The fourth-order valence-electron chi connectivity index (χ4n) is 2.28. The average molecular weight is 608 g/mol. The SMILES string of the molecule is [Au].[Cl-].[Cl-].[Se-][P+](c1[c]cccc1)(c1ccccc1)c1ccccc1. The quantitative estimate of drug-likeness (QED) is 0.218. The van der Waals surface area contributed by atoms with Gasteiger partial charge in [0, 0.05) is 22.4 Å². The van der Waals surface area contributed by atoms with Crippen molar-refractivity contribution in [3.8, 4) is 0 Å². The Morgan fingerprint density at radius 2 is 1.09 bits per heavy atom. The van der Waals surface area contributed by atoms with Crippen molar-refractivity contribution in [1.82, 2.24) is 0 Å². The van der Waals surface area contributed by atoms with E-state index >= 15 is 0 Å². The van der Waals surface area contributed by atoms with E-state index in [9.17, 15) is 0 Å². The summed E-state index contributed by atoms with van der Waals surface area (Å²) in [6.45, 7) is 0. The maximum atomic E-state index is 3.52. The Balaban J connectivity index is 0.00000161. The first-order valence-corrected chi connectivity index (χ1v) is 10.5. The Bertz CT molecular complexity index is 584. The molecule has 0 amide bonds. The Kier molecular flexibility index (Phi) is 10.7. The number of hydrogen-bond donors (Lipinski definition) is 0. The molecule has 0 aliphatic rings. The molecular weight excluding hydrogens is 594 g/mol. The van der Waals surface area contributed by atoms with Gasteiger partial charge < -0.3 is 24.8 Å². The second-order valence-corrected chi connectivity index (χ2v) is 10.7. The van der Waals surface area contributed by atoms with Gasteiger partial charge in [0.05, 0.1) is 0 Å². The van der Waals surface area contributed by atoms with Crippen molar-refractivity contribution in [2.24, 2.45) is 0 Å². The van der Waals surface area contributed by atoms with Gasteiger partial charge in [0.1, 0.15) is 0 Å². The van der Waals surface area contributed by atoms with Crippen LogP contribution >= 0.6 is 5.95 Å². The van der Waals surface area contributed by atoms with Crippen molar-refractivity contribution < 1.29 is 47.2 Å². The second-order valence-electron chi connectivity index (χ2n) is 4.53. The predicted molar refractivity (Wildman–Crippen MR) is 89.7 cm³/mol. The van der Waals surface area contributed by atoms with Crippen molar-refractivity contribution in [3.63, 3.8) is 0 Å². The van der Waals surface area contributed by atoms with Gasteiger partial charge in [-0.05, 0) is 0 Å². The first-order chi connectivity index (χ1) is 9.82. The molecule has 0 aliphatic heterocycles. The summed E-state index contributed by atoms with van der Waals surface area (Å²) in [7, 11) is 0. The van der Waals surface area contributed by atoms with E-state index in [4.69, 9.17) is 0 Å². The molecule has 3 aromatic carbocycles. The third kappa shape index (κ3) is 4.95. The van der Waals surface area contributed by atoms with E-state index in [1.54, 1.807) is 0 Å². The molecule has 2 radical (unpaired) electrons. The molecule has 0 unspecified atom stereocenters. The normalized spacial score (nSPS) is 9.78. The van der Waals surface area contributed by atoms with E-state index in [0.717, 1.165) is 0 Å². The summed E-state index contributed by atoms with van der Waals surface area (Å²) in [6.07, 6.45) is 0. The van der Waals surface area contributed by atoms with E-state index in [-0.39, 0.29) is 47.2 Å². The van der Waals surface area contributed by atoms with E-state index in [1.165, 1.54) is 15.9 Å². The van der Waals surface area contributed by atoms with Gasteiger partial charge in [0.2, 0.25) is 0 Å². The van der Waals surface area contributed by atoms with E-state index in [0.29, 0.717) is 0 Å². The average Bonchev–Trinajstić information content (AvgIpc) is 2.56. The van der Waals surface area contributed by atoms with Crippen LogP contribution < -0.4 is 40.7 Å². The van der Waals surface area contributed by atoms with Crippen molar-refractivity contribution in [1.29, 1.82) is 0 Å². The molecule has 124 valence electrons. The zero-order valence-electron chi connectivity index (χ0n) is 12.0. The predicted octanol–water partition coefficient (Wildman–Crippen LogP) is -3.13. The van der Waals surface area contributed by atoms with E-state index < -0.39 is 5.95 Å². The third-order valence-corrected chi connectivity index (χ3v) is 10.2. The van der Waals surface area contributed by atoms with Crippen LogP contribution in [0.2, 0.25) is 0 Å². The molecule has 0 saturated carbocycles. The standard InChI is InChI=1S/C18H14PSe.Au.2ClH/c20-19(16-10-4-1-5-11-16,17-12-6-2-7-13-17)18-14-8-3-9-15-18;;;/h1-14H;;2*1H/p-2. The summed E-state index contributed by atoms with van der Waals surface area (Å²) in [5, 5.41) is 3.93. The molecule has 23 heavy (non-hydrogen) atoms. The van der Waals surface area contributed by atoms with Crippen LogP contribution in [0.15, 0.2) is 84.9 Å². The molecule has 0 aliphatic carbocycles. The van der Waals surface area contributed by atoms with E-state index in [1.807, 2.05) is 12.1 Å². The van der Waals surface area contributed by atoms with Gasteiger partial charge in [0.15, 0.2) is 0 Å². The first kappa shape index (κ1) is 22.9. The Labute approximate surface area is 174 Å². The molecular formula is C18H14AuCl2PSe-2. The summed E-state index contributed by atoms with van der Waals surface area (Å²) < 4.78 is 0. The molecule has 0 heterocycles. The van der Waals surface area contributed by atoms with Gasteiger partial charge in [0.25, 0.3) is 0 Å². The minimum absolute atomic E-state index is 0. The molecule has 0 saturated heterocycles. The molecule has 3 rings (SSSR count). The van der Waals surface area contributed by atoms with Crippen LogP contribution in [0.5, 0.6) is 0 Å². The van der Waals surface area contributed by atoms with Crippen LogP contribution in [-0.4, -0.2) is 15.6 Å². The summed E-state index contributed by atoms with van der Waals surface area (Å²) >= 11 is 3.52. The summed E-state index contributed by atoms with van der Waals surface area (Å²) in [5.41, 5.74) is 0. The summed E-state index contributed by atoms with van der Waals surface area (Å²) in [5.74, 6) is -1.71. The number of hydrogen-bond acceptors (Lipinski definition) is 0. The summed E-state index contributed by atoms with van der Waals surface area (Å²) in [6, 6.07) is 33.1. The van der Waals surface area contributed by atoms with Gasteiger partial charge in [-0.2, -0.15) is 0 Å². The Morgan fingerprint density at radius 1 is 0.652 bits per heavy atom. The van der Waals surface area contributed by atoms with Crippen LogP contribution in [0.3, 0.4) is 0 Å². The van der Waals surface area contributed by atoms with Gasteiger partial charge >= 0.3 is 128 Å². The molecule has 0 nitrogen and oxygen atoms in total. The third-order valence-electron chi connectivity index (χ3n) is 3.27. The van der Waals surface area contributed by atoms with Crippen LogP contribution in [0.1, 0.15) is 0 Å². The van der Waals surface area contributed by atoms with Crippen LogP contribution in [-0.2, 0) is 22.4 Å². The molecule has 0 N–H and O–H groups in total. The van der Waals surface area contributed by atoms with Gasteiger partial charge in [-0.25, -0.2) is 0 Å². The Hall–Kier alpha value is -0.0703. The van der Waals surface area contributed by atoms with Crippen LogP contribution in [0, 0.1) is 6.07 Å². The van der Waals surface area contributed by atoms with Crippen molar-refractivity contribution in [3.05, 3.63) is 91.0 Å². The topological polar surface area (TPSA) is 0 Å². The molecule has 3 aromatic rings. The van der Waals surface area contributed by atoms with E-state index in [2.05, 4.69) is 94.4 Å². The number of halogens is 2. The van der Waals surface area contributed by atoms with Crippen LogP contribution in [0.4, 0.5) is 0 Å². The van der Waals surface area contributed by atoms with Gasteiger partial charge in [-0.15, -0.1) is 0 Å². The zero-order valence-corrected chi connectivity index (χ0v) is 18.3. The Morgan fingerprint density at radius 3 is 1.48 bits per heavy atom. The molecule has 5 heteroatoms. The first-order valence-electron chi connectivity index (χ1n) is 6.50. The molecule has 0 fully saturated rings. The van der Waals surface area contributed by atoms with Crippen LogP contribution in [0.25, 0.3) is 0 Å². The fourth-order valence-corrected chi connectivity index (χ4v) is 7.12. The molecule has 0 bridgehead atoms. The minimum atomic E-state index is -1.71. The fraction of sp³-hybridized carbons (Fsp3) is 0. The van der Waals surface area contributed by atoms with Crippen molar-refractivity contribution in [2.75, 3.05) is 0 Å². The molecule has 0 atom stereocenters. The molecule has 0 spiro atoms. The van der Waals surface area contributed by atoms with Crippen molar-refractivity contribution >= 4 is 37.4 Å². The number of rotatable bonds is 3. The molecule has 0 aromatic heterocycles. The second kappa shape index (κ2) is 10.7. The van der Waals surface area contributed by atoms with Gasteiger partial charge in [-0.1, -0.05) is 0 Å². The maximum absolute atomic E-state index is 3.52. The zero-order chi connectivity index (χ0) is 13.8. The summed E-state index contributed by atoms with van der Waals surface area (Å²) in [4.78, 5) is 0.